The van der Waals surface area contributed by atoms with Crippen molar-refractivity contribution >= 4 is 45.9 Å². The minimum Gasteiger partial charge on any atom is -0.357 e. The van der Waals surface area contributed by atoms with Gasteiger partial charge in [0, 0.05) is 25.7 Å². The van der Waals surface area contributed by atoms with E-state index in [9.17, 15) is 13.2 Å². The number of hydrogen-bond acceptors (Lipinski definition) is 4. The van der Waals surface area contributed by atoms with Crippen LogP contribution in [0.4, 0.5) is 0 Å². The van der Waals surface area contributed by atoms with Gasteiger partial charge in [-0.15, -0.1) is 24.0 Å². The number of sulfonamides is 1. The molecule has 8 nitrogen and oxygen atoms in total. The fourth-order valence-electron chi connectivity index (χ4n) is 3.13. The van der Waals surface area contributed by atoms with Crippen molar-refractivity contribution in [1.82, 2.24) is 19.8 Å². The predicted molar refractivity (Wildman–Crippen MR) is 112 cm³/mol. The topological polar surface area (TPSA) is 94.1 Å². The van der Waals surface area contributed by atoms with E-state index in [1.54, 1.807) is 0 Å². The molecule has 0 aromatic carbocycles. The van der Waals surface area contributed by atoms with Crippen LogP contribution >= 0.6 is 24.0 Å². The lowest BCUT2D eigenvalue weighted by Gasteiger charge is -2.49. The summed E-state index contributed by atoms with van der Waals surface area (Å²) in [5.74, 6) is 0.707. The lowest BCUT2D eigenvalue weighted by atomic mass is 9.96. The maximum absolute atomic E-state index is 12.5. The third-order valence-electron chi connectivity index (χ3n) is 3.71. The minimum atomic E-state index is -3.22. The summed E-state index contributed by atoms with van der Waals surface area (Å²) >= 11 is 0. The first-order valence-corrected chi connectivity index (χ1v) is 10.2. The van der Waals surface area contributed by atoms with Crippen LogP contribution in [-0.4, -0.2) is 80.6 Å². The third-order valence-corrected chi connectivity index (χ3v) is 4.44. The monoisotopic (exact) mass is 489 g/mol. The van der Waals surface area contributed by atoms with Crippen LogP contribution in [0.3, 0.4) is 0 Å². The normalized spacial score (nSPS) is 18.4. The van der Waals surface area contributed by atoms with E-state index in [1.165, 1.54) is 0 Å². The van der Waals surface area contributed by atoms with Crippen LogP contribution in [-0.2, 0) is 14.8 Å². The molecule has 0 unspecified atom stereocenters. The second kappa shape index (κ2) is 9.91. The smallest absolute Gasteiger partial charge is 0.242 e. The van der Waals surface area contributed by atoms with Gasteiger partial charge in [-0.1, -0.05) is 0 Å². The van der Waals surface area contributed by atoms with Crippen LogP contribution in [0.15, 0.2) is 4.99 Å². The first kappa shape index (κ1) is 24.4. The number of hydrogen-bond donors (Lipinski definition) is 2. The number of nitrogens with one attached hydrogen (secondary N) is 2. The maximum Gasteiger partial charge on any atom is 0.242 e. The van der Waals surface area contributed by atoms with Crippen LogP contribution in [0, 0.1) is 0 Å². The number of carbonyl (C=O) groups excluding carboxylic acids is 1. The second-order valence-corrected chi connectivity index (χ2v) is 8.76. The summed E-state index contributed by atoms with van der Waals surface area (Å²) in [6.07, 6.45) is 1.12. The highest BCUT2D eigenvalue weighted by molar-refractivity contribution is 14.0. The van der Waals surface area contributed by atoms with E-state index in [-0.39, 0.29) is 54.6 Å². The lowest BCUT2D eigenvalue weighted by Crippen LogP contribution is -2.66. The molecule has 1 aliphatic rings. The van der Waals surface area contributed by atoms with Gasteiger partial charge in [0.1, 0.15) is 0 Å². The van der Waals surface area contributed by atoms with Crippen LogP contribution in [0.1, 0.15) is 34.6 Å². The summed E-state index contributed by atoms with van der Waals surface area (Å²) in [4.78, 5) is 20.8. The number of nitrogens with zero attached hydrogens (tertiary/aromatic N) is 3. The largest absolute Gasteiger partial charge is 0.357 e. The Hall–Kier alpha value is -0.620. The zero-order chi connectivity index (χ0) is 18.5. The Bertz CT molecular complexity index is 578. The van der Waals surface area contributed by atoms with Crippen LogP contribution in [0.2, 0.25) is 0 Å². The molecule has 148 valence electrons. The van der Waals surface area contributed by atoms with Crippen molar-refractivity contribution in [3.05, 3.63) is 0 Å². The molecule has 1 aliphatic heterocycles. The van der Waals surface area contributed by atoms with Gasteiger partial charge in [0.25, 0.3) is 0 Å². The summed E-state index contributed by atoms with van der Waals surface area (Å²) in [5.41, 5.74) is -0.301. The molecule has 0 saturated carbocycles. The van der Waals surface area contributed by atoms with Crippen molar-refractivity contribution in [2.45, 2.75) is 46.2 Å². The number of piperazine rings is 1. The molecular formula is C15H32IN5O3S. The van der Waals surface area contributed by atoms with Gasteiger partial charge in [0.05, 0.1) is 24.9 Å². The van der Waals surface area contributed by atoms with E-state index in [0.29, 0.717) is 25.6 Å². The molecule has 1 amide bonds. The molecule has 2 N–H and O–H groups in total. The fourth-order valence-corrected chi connectivity index (χ4v) is 3.59. The number of amides is 1. The third kappa shape index (κ3) is 7.65. The average Bonchev–Trinajstić information content (AvgIpc) is 2.38. The van der Waals surface area contributed by atoms with Crippen LogP contribution in [0.25, 0.3) is 0 Å². The summed E-state index contributed by atoms with van der Waals surface area (Å²) < 4.78 is 24.6. The minimum absolute atomic E-state index is 0. The van der Waals surface area contributed by atoms with Gasteiger partial charge in [-0.25, -0.2) is 13.1 Å². The number of halogens is 1. The van der Waals surface area contributed by atoms with Crippen molar-refractivity contribution in [3.8, 4) is 0 Å². The first-order chi connectivity index (χ1) is 11.0. The van der Waals surface area contributed by atoms with E-state index < -0.39 is 10.0 Å². The molecule has 1 heterocycles. The van der Waals surface area contributed by atoms with E-state index in [2.05, 4.69) is 15.0 Å². The second-order valence-electron chi connectivity index (χ2n) is 6.93. The van der Waals surface area contributed by atoms with Gasteiger partial charge in [-0.2, -0.15) is 0 Å². The molecule has 0 spiro atoms. The predicted octanol–water partition coefficient (Wildman–Crippen LogP) is 0.450. The molecule has 0 radical (unpaired) electrons. The number of guanidine groups is 1. The Morgan fingerprint density at radius 1 is 1.36 bits per heavy atom. The molecule has 10 heteroatoms. The Morgan fingerprint density at radius 2 is 1.96 bits per heavy atom. The molecule has 0 aliphatic carbocycles. The highest BCUT2D eigenvalue weighted by Crippen LogP contribution is 2.24. The van der Waals surface area contributed by atoms with Crippen molar-refractivity contribution in [2.75, 3.05) is 39.0 Å². The molecule has 0 aromatic rings. The highest BCUT2D eigenvalue weighted by atomic mass is 127. The van der Waals surface area contributed by atoms with Gasteiger partial charge in [-0.3, -0.25) is 9.79 Å². The number of carbonyl (C=O) groups is 1. The molecule has 0 atom stereocenters. The van der Waals surface area contributed by atoms with Crippen LogP contribution < -0.4 is 10.0 Å². The molecule has 0 bridgehead atoms. The van der Waals surface area contributed by atoms with Crippen molar-refractivity contribution in [3.63, 3.8) is 0 Å². The van der Waals surface area contributed by atoms with E-state index >= 15 is 0 Å². The summed E-state index contributed by atoms with van der Waals surface area (Å²) in [7, 11) is -3.22. The van der Waals surface area contributed by atoms with Crippen molar-refractivity contribution in [1.29, 1.82) is 0 Å². The number of rotatable bonds is 6. The first-order valence-electron chi connectivity index (χ1n) is 8.28. The van der Waals surface area contributed by atoms with Gasteiger partial charge in [-0.05, 0) is 34.6 Å². The van der Waals surface area contributed by atoms with E-state index in [1.807, 2.05) is 44.4 Å². The van der Waals surface area contributed by atoms with Gasteiger partial charge < -0.3 is 15.1 Å². The number of aliphatic imine (C=N–C) groups is 1. The fraction of sp³-hybridized carbons (Fsp3) is 0.867. The zero-order valence-corrected chi connectivity index (χ0v) is 19.1. The standard InChI is InChI=1S/C15H31N5O3S.HI/c1-7-16-14(17-8-9-18-24(6,22)23)19-10-13(21)20(12(2)3)15(4,5)11-19;/h12,18H,7-11H2,1-6H3,(H,16,17);1H. The van der Waals surface area contributed by atoms with Crippen molar-refractivity contribution in [2.24, 2.45) is 4.99 Å². The molecule has 1 saturated heterocycles. The molecular weight excluding hydrogens is 457 g/mol. The lowest BCUT2D eigenvalue weighted by molar-refractivity contribution is -0.145. The summed E-state index contributed by atoms with van der Waals surface area (Å²) in [6, 6.07) is 0.146. The van der Waals surface area contributed by atoms with Gasteiger partial charge in [0.15, 0.2) is 5.96 Å². The highest BCUT2D eigenvalue weighted by Gasteiger charge is 2.40. The Balaban J connectivity index is 0.00000576. The molecule has 0 aromatic heterocycles. The van der Waals surface area contributed by atoms with E-state index in [4.69, 9.17) is 0 Å². The summed E-state index contributed by atoms with van der Waals surface area (Å²) in [6.45, 7) is 12.3. The average molecular weight is 489 g/mol. The Labute approximate surface area is 168 Å². The molecule has 25 heavy (non-hydrogen) atoms. The quantitative estimate of drug-likeness (QED) is 0.245. The van der Waals surface area contributed by atoms with Crippen molar-refractivity contribution < 1.29 is 13.2 Å². The van der Waals surface area contributed by atoms with Gasteiger partial charge >= 0.3 is 0 Å². The molecule has 1 fully saturated rings. The Kier molecular flexibility index (Phi) is 9.66. The zero-order valence-electron chi connectivity index (χ0n) is 16.0. The molecule has 1 rings (SSSR count). The summed E-state index contributed by atoms with van der Waals surface area (Å²) in [5, 5.41) is 3.18. The van der Waals surface area contributed by atoms with Crippen LogP contribution in [0.5, 0.6) is 0 Å². The van der Waals surface area contributed by atoms with Gasteiger partial charge in [0.2, 0.25) is 15.9 Å². The maximum atomic E-state index is 12.5. The Morgan fingerprint density at radius 3 is 2.40 bits per heavy atom. The SMILES string of the molecule is CCNC(=NCCNS(C)(=O)=O)N1CC(=O)N(C(C)C)C(C)(C)C1.I. The van der Waals surface area contributed by atoms with E-state index in [0.717, 1.165) is 6.26 Å².